The Morgan fingerprint density at radius 1 is 1.48 bits per heavy atom. The first kappa shape index (κ1) is 17.0. The van der Waals surface area contributed by atoms with E-state index in [4.69, 9.17) is 0 Å². The summed E-state index contributed by atoms with van der Waals surface area (Å²) in [6, 6.07) is 0.739. The highest BCUT2D eigenvalue weighted by molar-refractivity contribution is 5.95. The van der Waals surface area contributed by atoms with Crippen LogP contribution in [0.15, 0.2) is 6.07 Å². The molecule has 0 aromatic carbocycles. The zero-order valence-electron chi connectivity index (χ0n) is 13.6. The van der Waals surface area contributed by atoms with Crippen LogP contribution >= 0.6 is 0 Å². The van der Waals surface area contributed by atoms with Crippen molar-refractivity contribution in [2.75, 3.05) is 13.1 Å². The van der Waals surface area contributed by atoms with Crippen LogP contribution in [0.25, 0.3) is 0 Å². The van der Waals surface area contributed by atoms with E-state index < -0.39 is 17.9 Å². The standard InChI is InChI=1S/C15H22N4O4/c1-9(15(22)23)19(7-6-16-10(2)20)14(21)12-8-13(11-4-5-11)18(3)17-12/h8-9,11H,4-7H2,1-3H3,(H,16,20)(H,22,23). The first-order valence-corrected chi connectivity index (χ1v) is 7.63. The molecule has 2 N–H and O–H groups in total. The number of carboxylic acids is 1. The van der Waals surface area contributed by atoms with Crippen LogP contribution in [0, 0.1) is 0 Å². The maximum atomic E-state index is 12.6. The molecule has 2 rings (SSSR count). The number of amides is 2. The molecule has 0 saturated heterocycles. The fourth-order valence-electron chi connectivity index (χ4n) is 2.45. The summed E-state index contributed by atoms with van der Waals surface area (Å²) in [6.07, 6.45) is 2.18. The molecule has 8 nitrogen and oxygen atoms in total. The minimum atomic E-state index is -1.10. The molecular formula is C15H22N4O4. The Bertz CT molecular complexity index is 621. The average molecular weight is 322 g/mol. The SMILES string of the molecule is CC(=O)NCCN(C(=O)c1cc(C2CC2)n(C)n1)C(C)C(=O)O. The molecule has 0 aliphatic heterocycles. The quantitative estimate of drug-likeness (QED) is 0.753. The Morgan fingerprint density at radius 2 is 2.13 bits per heavy atom. The Hall–Kier alpha value is -2.38. The smallest absolute Gasteiger partial charge is 0.326 e. The number of aryl methyl sites for hydroxylation is 1. The molecule has 2 amide bonds. The third-order valence-corrected chi connectivity index (χ3v) is 3.94. The van der Waals surface area contributed by atoms with Gasteiger partial charge in [-0.2, -0.15) is 5.10 Å². The lowest BCUT2D eigenvalue weighted by atomic mass is 10.2. The van der Waals surface area contributed by atoms with Crippen LogP contribution in [0.2, 0.25) is 0 Å². The summed E-state index contributed by atoms with van der Waals surface area (Å²) < 4.78 is 1.68. The van der Waals surface area contributed by atoms with Crippen LogP contribution < -0.4 is 5.32 Å². The lowest BCUT2D eigenvalue weighted by molar-refractivity contribution is -0.141. The predicted octanol–water partition coefficient (Wildman–Crippen LogP) is 0.349. The molecule has 0 radical (unpaired) electrons. The highest BCUT2D eigenvalue weighted by Gasteiger charge is 2.31. The van der Waals surface area contributed by atoms with Crippen molar-refractivity contribution < 1.29 is 19.5 Å². The summed E-state index contributed by atoms with van der Waals surface area (Å²) in [4.78, 5) is 36.1. The second-order valence-electron chi connectivity index (χ2n) is 5.85. The number of nitrogens with one attached hydrogen (secondary N) is 1. The number of aliphatic carboxylic acids is 1. The van der Waals surface area contributed by atoms with E-state index in [9.17, 15) is 19.5 Å². The topological polar surface area (TPSA) is 105 Å². The van der Waals surface area contributed by atoms with Gasteiger partial charge in [0.1, 0.15) is 6.04 Å². The summed E-state index contributed by atoms with van der Waals surface area (Å²) in [6.45, 7) is 3.12. The number of rotatable bonds is 7. The van der Waals surface area contributed by atoms with Crippen molar-refractivity contribution in [3.63, 3.8) is 0 Å². The Labute approximate surface area is 134 Å². The maximum Gasteiger partial charge on any atom is 0.326 e. The van der Waals surface area contributed by atoms with E-state index in [0.29, 0.717) is 5.92 Å². The number of nitrogens with zero attached hydrogens (tertiary/aromatic N) is 3. The van der Waals surface area contributed by atoms with Gasteiger partial charge in [0.25, 0.3) is 5.91 Å². The zero-order chi connectivity index (χ0) is 17.1. The number of carbonyl (C=O) groups excluding carboxylic acids is 2. The van der Waals surface area contributed by atoms with Crippen LogP contribution in [0.4, 0.5) is 0 Å². The van der Waals surface area contributed by atoms with Gasteiger partial charge in [-0.15, -0.1) is 0 Å². The molecule has 1 aliphatic carbocycles. The summed E-state index contributed by atoms with van der Waals surface area (Å²) in [5, 5.41) is 16.0. The van der Waals surface area contributed by atoms with Crippen LogP contribution in [-0.2, 0) is 16.6 Å². The van der Waals surface area contributed by atoms with Crippen molar-refractivity contribution in [1.82, 2.24) is 20.0 Å². The number of carboxylic acid groups (broad SMARTS) is 1. The average Bonchev–Trinajstić information content (AvgIpc) is 3.24. The lowest BCUT2D eigenvalue weighted by Crippen LogP contribution is -2.46. The Balaban J connectivity index is 2.15. The van der Waals surface area contributed by atoms with Gasteiger partial charge < -0.3 is 15.3 Å². The number of carbonyl (C=O) groups is 3. The lowest BCUT2D eigenvalue weighted by Gasteiger charge is -2.25. The number of aromatic nitrogens is 2. The molecule has 1 heterocycles. The molecule has 8 heteroatoms. The van der Waals surface area contributed by atoms with Gasteiger partial charge in [-0.1, -0.05) is 0 Å². The van der Waals surface area contributed by atoms with Crippen molar-refractivity contribution in [3.8, 4) is 0 Å². The van der Waals surface area contributed by atoms with Crippen LogP contribution in [0.3, 0.4) is 0 Å². The minimum Gasteiger partial charge on any atom is -0.480 e. The molecule has 1 unspecified atom stereocenters. The van der Waals surface area contributed by atoms with Crippen molar-refractivity contribution in [2.24, 2.45) is 7.05 Å². The second kappa shape index (κ2) is 6.80. The molecular weight excluding hydrogens is 300 g/mol. The van der Waals surface area contributed by atoms with Crippen molar-refractivity contribution >= 4 is 17.8 Å². The van der Waals surface area contributed by atoms with Crippen molar-refractivity contribution in [3.05, 3.63) is 17.5 Å². The Kier molecular flexibility index (Phi) is 5.02. The molecule has 23 heavy (non-hydrogen) atoms. The molecule has 0 spiro atoms. The monoisotopic (exact) mass is 322 g/mol. The summed E-state index contributed by atoms with van der Waals surface area (Å²) in [5.41, 5.74) is 1.24. The zero-order valence-corrected chi connectivity index (χ0v) is 13.6. The fourth-order valence-corrected chi connectivity index (χ4v) is 2.45. The van der Waals surface area contributed by atoms with Crippen LogP contribution in [0.5, 0.6) is 0 Å². The highest BCUT2D eigenvalue weighted by atomic mass is 16.4. The van der Waals surface area contributed by atoms with Gasteiger partial charge in [0.15, 0.2) is 5.69 Å². The molecule has 1 aromatic heterocycles. The fraction of sp³-hybridized carbons (Fsp3) is 0.600. The first-order valence-electron chi connectivity index (χ1n) is 7.63. The molecule has 1 saturated carbocycles. The van der Waals surface area contributed by atoms with E-state index in [-0.39, 0.29) is 24.7 Å². The molecule has 0 bridgehead atoms. The normalized spacial score (nSPS) is 15.1. The number of hydrogen-bond donors (Lipinski definition) is 2. The first-order chi connectivity index (χ1) is 10.8. The summed E-state index contributed by atoms with van der Waals surface area (Å²) in [7, 11) is 1.78. The van der Waals surface area contributed by atoms with E-state index in [1.54, 1.807) is 17.8 Å². The van der Waals surface area contributed by atoms with Gasteiger partial charge in [-0.25, -0.2) is 4.79 Å². The van der Waals surface area contributed by atoms with Gasteiger partial charge in [-0.05, 0) is 25.8 Å². The van der Waals surface area contributed by atoms with Gasteiger partial charge in [0, 0.05) is 38.7 Å². The van der Waals surface area contributed by atoms with Crippen molar-refractivity contribution in [2.45, 2.75) is 38.6 Å². The largest absolute Gasteiger partial charge is 0.480 e. The molecule has 126 valence electrons. The van der Waals surface area contributed by atoms with E-state index >= 15 is 0 Å². The van der Waals surface area contributed by atoms with Crippen LogP contribution in [0.1, 0.15) is 48.8 Å². The third kappa shape index (κ3) is 4.08. The molecule has 1 atom stereocenters. The van der Waals surface area contributed by atoms with Gasteiger partial charge in [0.05, 0.1) is 0 Å². The van der Waals surface area contributed by atoms with Gasteiger partial charge >= 0.3 is 5.97 Å². The maximum absolute atomic E-state index is 12.6. The molecule has 1 aliphatic rings. The second-order valence-corrected chi connectivity index (χ2v) is 5.85. The third-order valence-electron chi connectivity index (χ3n) is 3.94. The summed E-state index contributed by atoms with van der Waals surface area (Å²) in [5.74, 6) is -1.32. The molecule has 1 aromatic rings. The summed E-state index contributed by atoms with van der Waals surface area (Å²) >= 11 is 0. The minimum absolute atomic E-state index is 0.112. The number of hydrogen-bond acceptors (Lipinski definition) is 4. The van der Waals surface area contributed by atoms with E-state index in [1.807, 2.05) is 0 Å². The van der Waals surface area contributed by atoms with E-state index in [2.05, 4.69) is 10.4 Å². The predicted molar refractivity (Wildman–Crippen MR) is 82.0 cm³/mol. The molecule has 1 fully saturated rings. The highest BCUT2D eigenvalue weighted by Crippen LogP contribution is 2.40. The van der Waals surface area contributed by atoms with Gasteiger partial charge in [0.2, 0.25) is 5.91 Å². The van der Waals surface area contributed by atoms with Crippen molar-refractivity contribution in [1.29, 1.82) is 0 Å². The van der Waals surface area contributed by atoms with Crippen LogP contribution in [-0.4, -0.2) is 56.7 Å². The Morgan fingerprint density at radius 3 is 2.65 bits per heavy atom. The van der Waals surface area contributed by atoms with Gasteiger partial charge in [-0.3, -0.25) is 14.3 Å². The van der Waals surface area contributed by atoms with E-state index in [0.717, 1.165) is 18.5 Å². The van der Waals surface area contributed by atoms with E-state index in [1.165, 1.54) is 18.7 Å².